The maximum absolute atomic E-state index is 5.65. The summed E-state index contributed by atoms with van der Waals surface area (Å²) in [6.07, 6.45) is 1.94. The Kier molecular flexibility index (Phi) is 3.36. The molecule has 2 N–H and O–H groups in total. The van der Waals surface area contributed by atoms with Gasteiger partial charge in [-0.3, -0.25) is 0 Å². The van der Waals surface area contributed by atoms with E-state index in [0.717, 1.165) is 5.01 Å². The van der Waals surface area contributed by atoms with Gasteiger partial charge < -0.3 is 5.73 Å². The number of nitrogens with two attached hydrogens (primary N) is 1. The average Bonchev–Trinajstić information content (AvgIpc) is 2.78. The Bertz CT molecular complexity index is 459. The van der Waals surface area contributed by atoms with Gasteiger partial charge in [-0.05, 0) is 13.5 Å². The predicted octanol–water partition coefficient (Wildman–Crippen LogP) is 3.18. The first kappa shape index (κ1) is 11.3. The quantitative estimate of drug-likeness (QED) is 0.882. The van der Waals surface area contributed by atoms with Gasteiger partial charge in [-0.25, -0.2) is 4.98 Å². The monoisotopic (exact) mass is 232 g/mol. The molecule has 0 radical (unpaired) electrons. The van der Waals surface area contributed by atoms with Gasteiger partial charge in [0.05, 0.1) is 0 Å². The zero-order valence-electron chi connectivity index (χ0n) is 9.60. The van der Waals surface area contributed by atoms with Gasteiger partial charge >= 0.3 is 0 Å². The summed E-state index contributed by atoms with van der Waals surface area (Å²) < 4.78 is 0. The fourth-order valence-corrected chi connectivity index (χ4v) is 2.45. The highest BCUT2D eigenvalue weighted by molar-refractivity contribution is 7.15. The summed E-state index contributed by atoms with van der Waals surface area (Å²) >= 11 is 1.73. The number of hydrogen-bond acceptors (Lipinski definition) is 3. The van der Waals surface area contributed by atoms with Crippen LogP contribution in [0, 0.1) is 6.92 Å². The third kappa shape index (κ3) is 2.31. The lowest BCUT2D eigenvalue weighted by molar-refractivity contribution is 0.787. The molecule has 84 valence electrons. The average molecular weight is 232 g/mol. The SMILES string of the molecule is Cc1ccc(-c2ncc(C(C)CN)s2)cc1. The highest BCUT2D eigenvalue weighted by Crippen LogP contribution is 2.29. The summed E-state index contributed by atoms with van der Waals surface area (Å²) in [7, 11) is 0. The van der Waals surface area contributed by atoms with Crippen molar-refractivity contribution in [2.24, 2.45) is 5.73 Å². The van der Waals surface area contributed by atoms with Crippen molar-refractivity contribution < 1.29 is 0 Å². The van der Waals surface area contributed by atoms with Gasteiger partial charge in [0, 0.05) is 22.6 Å². The molecule has 2 rings (SSSR count). The van der Waals surface area contributed by atoms with E-state index in [0.29, 0.717) is 12.5 Å². The molecule has 3 heteroatoms. The maximum atomic E-state index is 5.65. The van der Waals surface area contributed by atoms with E-state index in [9.17, 15) is 0 Å². The second-order valence-corrected chi connectivity index (χ2v) is 5.13. The predicted molar refractivity (Wildman–Crippen MR) is 69.8 cm³/mol. The number of thiazole rings is 1. The van der Waals surface area contributed by atoms with Crippen molar-refractivity contribution in [3.63, 3.8) is 0 Å². The number of aromatic nitrogens is 1. The van der Waals surface area contributed by atoms with Crippen LogP contribution in [0.25, 0.3) is 10.6 Å². The highest BCUT2D eigenvalue weighted by Gasteiger charge is 2.09. The zero-order valence-corrected chi connectivity index (χ0v) is 10.4. The molecule has 0 aliphatic carbocycles. The Morgan fingerprint density at radius 1 is 1.31 bits per heavy atom. The summed E-state index contributed by atoms with van der Waals surface area (Å²) in [5.41, 5.74) is 8.11. The Labute approximate surface area is 100 Å². The van der Waals surface area contributed by atoms with E-state index in [1.54, 1.807) is 11.3 Å². The molecular formula is C13H16N2S. The number of hydrogen-bond donors (Lipinski definition) is 1. The van der Waals surface area contributed by atoms with E-state index < -0.39 is 0 Å². The largest absolute Gasteiger partial charge is 0.330 e. The molecule has 1 aromatic heterocycles. The normalized spacial score (nSPS) is 12.7. The smallest absolute Gasteiger partial charge is 0.123 e. The molecule has 1 aromatic carbocycles. The molecule has 0 spiro atoms. The standard InChI is InChI=1S/C13H16N2S/c1-9-3-5-11(6-4-9)13-15-8-12(16-13)10(2)7-14/h3-6,8,10H,7,14H2,1-2H3. The van der Waals surface area contributed by atoms with Crippen LogP contribution in [0.4, 0.5) is 0 Å². The molecule has 0 saturated heterocycles. The van der Waals surface area contributed by atoms with E-state index in [2.05, 4.69) is 43.1 Å². The van der Waals surface area contributed by atoms with Crippen molar-refractivity contribution in [1.82, 2.24) is 4.98 Å². The molecule has 2 nitrogen and oxygen atoms in total. The first-order valence-electron chi connectivity index (χ1n) is 5.43. The van der Waals surface area contributed by atoms with Crippen LogP contribution in [0.3, 0.4) is 0 Å². The van der Waals surface area contributed by atoms with Gasteiger partial charge in [0.15, 0.2) is 0 Å². The molecule has 0 amide bonds. The summed E-state index contributed by atoms with van der Waals surface area (Å²) in [4.78, 5) is 5.71. The van der Waals surface area contributed by atoms with Crippen molar-refractivity contribution >= 4 is 11.3 Å². The van der Waals surface area contributed by atoms with Gasteiger partial charge in [0.2, 0.25) is 0 Å². The molecule has 0 aliphatic rings. The van der Waals surface area contributed by atoms with Crippen molar-refractivity contribution in [3.05, 3.63) is 40.9 Å². The third-order valence-electron chi connectivity index (χ3n) is 2.66. The van der Waals surface area contributed by atoms with Crippen molar-refractivity contribution in [2.45, 2.75) is 19.8 Å². The van der Waals surface area contributed by atoms with Crippen LogP contribution in [0.5, 0.6) is 0 Å². The second-order valence-electron chi connectivity index (χ2n) is 4.07. The van der Waals surface area contributed by atoms with Crippen LogP contribution >= 0.6 is 11.3 Å². The van der Waals surface area contributed by atoms with Gasteiger partial charge in [-0.1, -0.05) is 36.8 Å². The lowest BCUT2D eigenvalue weighted by Gasteiger charge is -2.02. The molecular weight excluding hydrogens is 216 g/mol. The molecule has 16 heavy (non-hydrogen) atoms. The Morgan fingerprint density at radius 3 is 2.62 bits per heavy atom. The lowest BCUT2D eigenvalue weighted by Crippen LogP contribution is -2.07. The summed E-state index contributed by atoms with van der Waals surface area (Å²) in [6, 6.07) is 8.46. The fourth-order valence-electron chi connectivity index (χ4n) is 1.46. The number of benzene rings is 1. The topological polar surface area (TPSA) is 38.9 Å². The van der Waals surface area contributed by atoms with E-state index in [4.69, 9.17) is 5.73 Å². The number of nitrogens with zero attached hydrogens (tertiary/aromatic N) is 1. The second kappa shape index (κ2) is 4.76. The number of aryl methyl sites for hydroxylation is 1. The van der Waals surface area contributed by atoms with Crippen LogP contribution in [-0.4, -0.2) is 11.5 Å². The van der Waals surface area contributed by atoms with Crippen molar-refractivity contribution in [1.29, 1.82) is 0 Å². The Balaban J connectivity index is 2.28. The van der Waals surface area contributed by atoms with Crippen LogP contribution < -0.4 is 5.73 Å². The molecule has 0 fully saturated rings. The minimum absolute atomic E-state index is 0.400. The summed E-state index contributed by atoms with van der Waals surface area (Å²) in [6.45, 7) is 4.90. The van der Waals surface area contributed by atoms with E-state index >= 15 is 0 Å². The zero-order chi connectivity index (χ0) is 11.5. The van der Waals surface area contributed by atoms with E-state index in [1.807, 2.05) is 6.20 Å². The fraction of sp³-hybridized carbons (Fsp3) is 0.308. The molecule has 1 atom stereocenters. The molecule has 0 bridgehead atoms. The van der Waals surface area contributed by atoms with Crippen molar-refractivity contribution in [2.75, 3.05) is 6.54 Å². The van der Waals surface area contributed by atoms with Crippen LogP contribution in [0.2, 0.25) is 0 Å². The van der Waals surface area contributed by atoms with Gasteiger partial charge in [-0.2, -0.15) is 0 Å². The Hall–Kier alpha value is -1.19. The minimum Gasteiger partial charge on any atom is -0.330 e. The van der Waals surface area contributed by atoms with Crippen molar-refractivity contribution in [3.8, 4) is 10.6 Å². The van der Waals surface area contributed by atoms with Gasteiger partial charge in [0.25, 0.3) is 0 Å². The first-order valence-corrected chi connectivity index (χ1v) is 6.25. The van der Waals surface area contributed by atoms with Crippen LogP contribution in [0.15, 0.2) is 30.5 Å². The van der Waals surface area contributed by atoms with E-state index in [1.165, 1.54) is 16.0 Å². The van der Waals surface area contributed by atoms with Crippen LogP contribution in [0.1, 0.15) is 23.3 Å². The Morgan fingerprint density at radius 2 is 2.00 bits per heavy atom. The van der Waals surface area contributed by atoms with Crippen LogP contribution in [-0.2, 0) is 0 Å². The lowest BCUT2D eigenvalue weighted by atomic mass is 10.1. The molecule has 0 saturated carbocycles. The van der Waals surface area contributed by atoms with Gasteiger partial charge in [-0.15, -0.1) is 11.3 Å². The third-order valence-corrected chi connectivity index (χ3v) is 3.94. The molecule has 1 heterocycles. The van der Waals surface area contributed by atoms with Gasteiger partial charge in [0.1, 0.15) is 5.01 Å². The summed E-state index contributed by atoms with van der Waals surface area (Å²) in [5.74, 6) is 0.400. The number of rotatable bonds is 3. The first-order chi connectivity index (χ1) is 7.70. The molecule has 0 aliphatic heterocycles. The molecule has 1 unspecified atom stereocenters. The maximum Gasteiger partial charge on any atom is 0.123 e. The van der Waals surface area contributed by atoms with E-state index in [-0.39, 0.29) is 0 Å². The minimum atomic E-state index is 0.400. The molecule has 2 aromatic rings. The highest BCUT2D eigenvalue weighted by atomic mass is 32.1. The summed E-state index contributed by atoms with van der Waals surface area (Å²) in [5, 5.41) is 1.08.